The number of carbonyl (C=O) groups is 1. The van der Waals surface area contributed by atoms with E-state index in [1.807, 2.05) is 0 Å². The van der Waals surface area contributed by atoms with E-state index < -0.39 is 21.7 Å². The summed E-state index contributed by atoms with van der Waals surface area (Å²) >= 11 is 0.820. The minimum Gasteiger partial charge on any atom is -0.476 e. The second-order valence-corrected chi connectivity index (χ2v) is 8.21. The maximum Gasteiger partial charge on any atom is 0.356 e. The van der Waals surface area contributed by atoms with E-state index in [1.54, 1.807) is 0 Å². The number of likely N-dealkylation sites (tertiary alicyclic amines) is 1. The van der Waals surface area contributed by atoms with Crippen molar-refractivity contribution in [3.63, 3.8) is 0 Å². The maximum atomic E-state index is 12.2. The summed E-state index contributed by atoms with van der Waals surface area (Å²) in [5.74, 6) is -1.08. The molecule has 0 aromatic carbocycles. The van der Waals surface area contributed by atoms with E-state index in [0.717, 1.165) is 30.8 Å². The van der Waals surface area contributed by atoms with Crippen molar-refractivity contribution in [3.8, 4) is 0 Å². The summed E-state index contributed by atoms with van der Waals surface area (Å²) in [6.07, 6.45) is 0.940. The second-order valence-electron chi connectivity index (χ2n) is 5.39. The van der Waals surface area contributed by atoms with Crippen molar-refractivity contribution in [1.82, 2.24) is 14.6 Å². The molecule has 0 radical (unpaired) electrons. The number of carboxylic acid groups (broad SMARTS) is 1. The molecular weight excluding hydrogens is 314 g/mol. The van der Waals surface area contributed by atoms with Crippen molar-refractivity contribution in [2.45, 2.75) is 30.5 Å². The summed E-state index contributed by atoms with van der Waals surface area (Å²) in [7, 11) is -3.81. The highest BCUT2D eigenvalue weighted by atomic mass is 32.2. The van der Waals surface area contributed by atoms with Crippen LogP contribution in [0.5, 0.6) is 0 Å². The van der Waals surface area contributed by atoms with E-state index in [4.69, 9.17) is 5.11 Å². The van der Waals surface area contributed by atoms with Crippen LogP contribution in [-0.4, -0.2) is 55.1 Å². The molecule has 1 atom stereocenters. The van der Waals surface area contributed by atoms with Crippen molar-refractivity contribution in [3.05, 3.63) is 11.2 Å². The van der Waals surface area contributed by atoms with Gasteiger partial charge in [0.05, 0.1) is 5.51 Å². The average molecular weight is 333 g/mol. The van der Waals surface area contributed by atoms with Crippen LogP contribution in [0, 0.1) is 5.92 Å². The minimum atomic E-state index is -3.81. The van der Waals surface area contributed by atoms with Crippen LogP contribution >= 0.6 is 11.3 Å². The van der Waals surface area contributed by atoms with Crippen molar-refractivity contribution in [1.29, 1.82) is 0 Å². The van der Waals surface area contributed by atoms with Crippen LogP contribution in [0.25, 0.3) is 0 Å². The number of hydrogen-bond donors (Lipinski definition) is 2. The van der Waals surface area contributed by atoms with Crippen LogP contribution in [0.2, 0.25) is 0 Å². The molecule has 0 spiro atoms. The Hall–Kier alpha value is -1.03. The standard InChI is InChI=1S/C12H19N3O4S2/c1-8(2)15-4-3-9(6-15)5-14-21(18,19)12-10(11(16)17)13-7-20-12/h7-9,14H,3-6H2,1-2H3,(H,16,17). The lowest BCUT2D eigenvalue weighted by atomic mass is 10.1. The minimum absolute atomic E-state index is 0.228. The lowest BCUT2D eigenvalue weighted by Gasteiger charge is -2.20. The lowest BCUT2D eigenvalue weighted by Crippen LogP contribution is -2.33. The van der Waals surface area contributed by atoms with Crippen LogP contribution in [0.4, 0.5) is 0 Å². The van der Waals surface area contributed by atoms with Crippen molar-refractivity contribution in [2.24, 2.45) is 5.92 Å². The van der Waals surface area contributed by atoms with E-state index in [0.29, 0.717) is 12.6 Å². The number of sulfonamides is 1. The molecule has 1 unspecified atom stereocenters. The Labute approximate surface area is 128 Å². The summed E-state index contributed by atoms with van der Waals surface area (Å²) < 4.78 is 26.6. The Morgan fingerprint density at radius 2 is 2.33 bits per heavy atom. The summed E-state index contributed by atoms with van der Waals surface area (Å²) in [4.78, 5) is 16.8. The molecule has 21 heavy (non-hydrogen) atoms. The molecule has 1 aliphatic heterocycles. The van der Waals surface area contributed by atoms with Crippen molar-refractivity contribution < 1.29 is 18.3 Å². The quantitative estimate of drug-likeness (QED) is 0.800. The van der Waals surface area contributed by atoms with Gasteiger partial charge in [0.25, 0.3) is 10.0 Å². The molecule has 0 bridgehead atoms. The van der Waals surface area contributed by atoms with Gasteiger partial charge in [-0.3, -0.25) is 0 Å². The van der Waals surface area contributed by atoms with Crippen LogP contribution in [0.15, 0.2) is 9.72 Å². The third-order valence-electron chi connectivity index (χ3n) is 3.59. The fourth-order valence-corrected chi connectivity index (χ4v) is 4.66. The fraction of sp³-hybridized carbons (Fsp3) is 0.667. The number of thiazole rings is 1. The molecule has 0 amide bonds. The zero-order valence-electron chi connectivity index (χ0n) is 11.9. The van der Waals surface area contributed by atoms with E-state index in [2.05, 4.69) is 28.5 Å². The molecule has 118 valence electrons. The Morgan fingerprint density at radius 3 is 2.90 bits per heavy atom. The molecule has 1 fully saturated rings. The predicted octanol–water partition coefficient (Wildman–Crippen LogP) is 0.850. The average Bonchev–Trinajstić information content (AvgIpc) is 3.06. The molecule has 1 saturated heterocycles. The van der Waals surface area contributed by atoms with Gasteiger partial charge in [-0.15, -0.1) is 11.3 Å². The molecule has 1 aromatic rings. The van der Waals surface area contributed by atoms with Gasteiger partial charge in [-0.05, 0) is 32.7 Å². The summed E-state index contributed by atoms with van der Waals surface area (Å²) in [5, 5.41) is 8.94. The summed E-state index contributed by atoms with van der Waals surface area (Å²) in [5.41, 5.74) is 0.816. The van der Waals surface area contributed by atoms with E-state index in [9.17, 15) is 13.2 Å². The summed E-state index contributed by atoms with van der Waals surface area (Å²) in [6.45, 7) is 6.37. The number of hydrogen-bond acceptors (Lipinski definition) is 6. The van der Waals surface area contributed by atoms with Gasteiger partial charge in [-0.1, -0.05) is 0 Å². The van der Waals surface area contributed by atoms with Crippen molar-refractivity contribution >= 4 is 27.3 Å². The van der Waals surface area contributed by atoms with E-state index in [-0.39, 0.29) is 10.1 Å². The largest absolute Gasteiger partial charge is 0.476 e. The predicted molar refractivity (Wildman–Crippen MR) is 79.1 cm³/mol. The first-order chi connectivity index (χ1) is 9.81. The molecule has 0 saturated carbocycles. The lowest BCUT2D eigenvalue weighted by molar-refractivity contribution is 0.0687. The monoisotopic (exact) mass is 333 g/mol. The zero-order chi connectivity index (χ0) is 15.6. The maximum absolute atomic E-state index is 12.2. The highest BCUT2D eigenvalue weighted by Crippen LogP contribution is 2.22. The molecule has 2 rings (SSSR count). The van der Waals surface area contributed by atoms with Crippen LogP contribution in [0.1, 0.15) is 30.8 Å². The van der Waals surface area contributed by atoms with Gasteiger partial charge >= 0.3 is 5.97 Å². The number of aromatic carboxylic acids is 1. The first kappa shape index (κ1) is 16.3. The van der Waals surface area contributed by atoms with Gasteiger partial charge in [-0.25, -0.2) is 22.9 Å². The third-order valence-corrected chi connectivity index (χ3v) is 6.38. The number of aromatic nitrogens is 1. The molecule has 7 nitrogen and oxygen atoms in total. The molecular formula is C12H19N3O4S2. The van der Waals surface area contributed by atoms with Gasteiger partial charge in [0.2, 0.25) is 0 Å². The normalized spacial score (nSPS) is 20.2. The fourth-order valence-electron chi connectivity index (χ4n) is 2.36. The molecule has 9 heteroatoms. The topological polar surface area (TPSA) is 99.6 Å². The van der Waals surface area contributed by atoms with E-state index in [1.165, 1.54) is 5.51 Å². The van der Waals surface area contributed by atoms with Crippen LogP contribution in [0.3, 0.4) is 0 Å². The molecule has 1 aliphatic rings. The molecule has 1 aromatic heterocycles. The highest BCUT2D eigenvalue weighted by molar-refractivity contribution is 7.91. The van der Waals surface area contributed by atoms with Crippen LogP contribution in [-0.2, 0) is 10.0 Å². The van der Waals surface area contributed by atoms with Gasteiger partial charge < -0.3 is 10.0 Å². The SMILES string of the molecule is CC(C)N1CCC(CNS(=O)(=O)c2scnc2C(=O)O)C1. The Bertz CT molecular complexity index is 612. The smallest absolute Gasteiger partial charge is 0.356 e. The Balaban J connectivity index is 1.99. The number of nitrogens with zero attached hydrogens (tertiary/aromatic N) is 2. The van der Waals surface area contributed by atoms with Gasteiger partial charge in [-0.2, -0.15) is 0 Å². The molecule has 2 N–H and O–H groups in total. The third kappa shape index (κ3) is 3.79. The van der Waals surface area contributed by atoms with Gasteiger partial charge in [0, 0.05) is 19.1 Å². The second kappa shape index (κ2) is 6.39. The number of rotatable bonds is 6. The first-order valence-electron chi connectivity index (χ1n) is 6.71. The zero-order valence-corrected chi connectivity index (χ0v) is 13.6. The first-order valence-corrected chi connectivity index (χ1v) is 9.08. The van der Waals surface area contributed by atoms with Gasteiger partial charge in [0.1, 0.15) is 0 Å². The highest BCUT2D eigenvalue weighted by Gasteiger charge is 2.29. The summed E-state index contributed by atoms with van der Waals surface area (Å²) in [6, 6.07) is 0.451. The number of carboxylic acids is 1. The van der Waals surface area contributed by atoms with E-state index >= 15 is 0 Å². The molecule has 2 heterocycles. The van der Waals surface area contributed by atoms with Crippen molar-refractivity contribution in [2.75, 3.05) is 19.6 Å². The van der Waals surface area contributed by atoms with Crippen LogP contribution < -0.4 is 4.72 Å². The van der Waals surface area contributed by atoms with Gasteiger partial charge in [0.15, 0.2) is 9.90 Å². The Kier molecular flexibility index (Phi) is 4.97. The Morgan fingerprint density at radius 1 is 1.62 bits per heavy atom. The number of nitrogens with one attached hydrogen (secondary N) is 1. The molecule has 0 aliphatic carbocycles.